The first-order chi connectivity index (χ1) is 13.2. The Morgan fingerprint density at radius 1 is 1.04 bits per heavy atom. The molecule has 2 bridgehead atoms. The van der Waals surface area contributed by atoms with Crippen LogP contribution in [0.1, 0.15) is 24.0 Å². The minimum atomic E-state index is 0.252. The van der Waals surface area contributed by atoms with Gasteiger partial charge < -0.3 is 9.64 Å². The molecule has 1 aromatic carbocycles. The summed E-state index contributed by atoms with van der Waals surface area (Å²) in [4.78, 5) is 21.6. The summed E-state index contributed by atoms with van der Waals surface area (Å²) in [6.45, 7) is 3.86. The summed E-state index contributed by atoms with van der Waals surface area (Å²) in [7, 11) is 1.69. The molecule has 5 rings (SSSR count). The minimum Gasteiger partial charge on any atom is -0.497 e. The molecule has 3 aliphatic rings. The highest BCUT2D eigenvalue weighted by Gasteiger charge is 2.36. The van der Waals surface area contributed by atoms with E-state index in [0.29, 0.717) is 18.4 Å². The van der Waals surface area contributed by atoms with Gasteiger partial charge in [0.2, 0.25) is 5.91 Å². The summed E-state index contributed by atoms with van der Waals surface area (Å²) in [5, 5.41) is 0. The highest BCUT2D eigenvalue weighted by Crippen LogP contribution is 2.29. The number of carbonyl (C=O) groups is 1. The third kappa shape index (κ3) is 4.30. The third-order valence-corrected chi connectivity index (χ3v) is 5.78. The maximum absolute atomic E-state index is 12.9. The quantitative estimate of drug-likeness (QED) is 0.817. The number of hydrogen-bond acceptors (Lipinski definition) is 4. The lowest BCUT2D eigenvalue weighted by Gasteiger charge is -2.36. The molecule has 2 atom stereocenters. The van der Waals surface area contributed by atoms with Crippen molar-refractivity contribution in [1.82, 2.24) is 14.8 Å². The van der Waals surface area contributed by atoms with Gasteiger partial charge >= 0.3 is 0 Å². The molecule has 3 saturated heterocycles. The van der Waals surface area contributed by atoms with E-state index < -0.39 is 0 Å². The molecule has 5 nitrogen and oxygen atoms in total. The van der Waals surface area contributed by atoms with E-state index >= 15 is 0 Å². The molecular formula is C22H27N3O2. The van der Waals surface area contributed by atoms with Crippen LogP contribution in [0.3, 0.4) is 0 Å². The summed E-state index contributed by atoms with van der Waals surface area (Å²) >= 11 is 0. The lowest BCUT2D eigenvalue weighted by Crippen LogP contribution is -2.48. The molecule has 0 radical (unpaired) electrons. The summed E-state index contributed by atoms with van der Waals surface area (Å²) in [6.07, 6.45) is 6.33. The number of carbonyl (C=O) groups excluding carboxylic acids is 1. The van der Waals surface area contributed by atoms with Gasteiger partial charge in [-0.05, 0) is 54.2 Å². The molecule has 0 saturated carbocycles. The van der Waals surface area contributed by atoms with Gasteiger partial charge in [-0.3, -0.25) is 14.7 Å². The average Bonchev–Trinajstić information content (AvgIpc) is 3.00. The Morgan fingerprint density at radius 3 is 2.56 bits per heavy atom. The number of fused-ring (bicyclic) bond motifs is 4. The van der Waals surface area contributed by atoms with Gasteiger partial charge in [0.25, 0.3) is 0 Å². The van der Waals surface area contributed by atoms with Crippen molar-refractivity contribution in [1.29, 1.82) is 0 Å². The van der Waals surface area contributed by atoms with E-state index in [1.54, 1.807) is 19.5 Å². The number of aromatic nitrogens is 1. The van der Waals surface area contributed by atoms with Gasteiger partial charge in [0.05, 0.1) is 13.5 Å². The molecule has 0 spiro atoms. The molecule has 4 heterocycles. The van der Waals surface area contributed by atoms with Gasteiger partial charge in [-0.25, -0.2) is 0 Å². The number of benzene rings is 1. The van der Waals surface area contributed by atoms with Crippen LogP contribution in [0.4, 0.5) is 0 Å². The van der Waals surface area contributed by atoms with Crippen molar-refractivity contribution in [3.05, 3.63) is 59.9 Å². The first-order valence-electron chi connectivity index (χ1n) is 9.75. The van der Waals surface area contributed by atoms with E-state index in [4.69, 9.17) is 4.74 Å². The normalized spacial score (nSPS) is 22.5. The molecule has 5 heteroatoms. The highest BCUT2D eigenvalue weighted by molar-refractivity contribution is 5.79. The molecule has 0 aliphatic carbocycles. The van der Waals surface area contributed by atoms with E-state index in [-0.39, 0.29) is 5.91 Å². The Morgan fingerprint density at radius 2 is 1.81 bits per heavy atom. The van der Waals surface area contributed by atoms with Gasteiger partial charge in [0.1, 0.15) is 5.75 Å². The van der Waals surface area contributed by atoms with Gasteiger partial charge in [0.15, 0.2) is 0 Å². The van der Waals surface area contributed by atoms with E-state index in [1.807, 2.05) is 24.3 Å². The average molecular weight is 365 g/mol. The zero-order chi connectivity index (χ0) is 18.6. The molecule has 1 amide bonds. The van der Waals surface area contributed by atoms with E-state index in [1.165, 1.54) is 12.0 Å². The minimum absolute atomic E-state index is 0.252. The number of rotatable bonds is 5. The molecule has 142 valence electrons. The van der Waals surface area contributed by atoms with Crippen LogP contribution in [0.5, 0.6) is 5.75 Å². The van der Waals surface area contributed by atoms with Crippen molar-refractivity contribution in [2.45, 2.75) is 31.8 Å². The number of ether oxygens (including phenoxy) is 1. The van der Waals surface area contributed by atoms with E-state index in [9.17, 15) is 4.79 Å². The summed E-state index contributed by atoms with van der Waals surface area (Å²) < 4.78 is 5.25. The maximum atomic E-state index is 12.9. The molecular weight excluding hydrogens is 338 g/mol. The van der Waals surface area contributed by atoms with Crippen molar-refractivity contribution in [3.63, 3.8) is 0 Å². The second kappa shape index (κ2) is 8.09. The Balaban J connectivity index is 1.41. The second-order valence-electron chi connectivity index (χ2n) is 7.72. The molecule has 3 aliphatic heterocycles. The van der Waals surface area contributed by atoms with Crippen LogP contribution in [0.15, 0.2) is 48.8 Å². The lowest BCUT2D eigenvalue weighted by molar-refractivity contribution is -0.134. The van der Waals surface area contributed by atoms with Crippen LogP contribution in [-0.4, -0.2) is 53.5 Å². The first kappa shape index (κ1) is 18.0. The van der Waals surface area contributed by atoms with Gasteiger partial charge in [-0.15, -0.1) is 0 Å². The molecule has 0 unspecified atom stereocenters. The number of amides is 1. The summed E-state index contributed by atoms with van der Waals surface area (Å²) in [6, 6.07) is 12.5. The van der Waals surface area contributed by atoms with Crippen molar-refractivity contribution in [2.24, 2.45) is 5.92 Å². The first-order valence-corrected chi connectivity index (χ1v) is 9.75. The number of nitrogens with zero attached hydrogens (tertiary/aromatic N) is 3. The van der Waals surface area contributed by atoms with Crippen molar-refractivity contribution >= 4 is 5.91 Å². The van der Waals surface area contributed by atoms with Gasteiger partial charge in [-0.2, -0.15) is 0 Å². The lowest BCUT2D eigenvalue weighted by atomic mass is 9.94. The Bertz CT molecular complexity index is 763. The number of piperidine rings is 1. The van der Waals surface area contributed by atoms with Crippen LogP contribution >= 0.6 is 0 Å². The highest BCUT2D eigenvalue weighted by atomic mass is 16.5. The van der Waals surface area contributed by atoms with Crippen molar-refractivity contribution in [3.8, 4) is 5.75 Å². The van der Waals surface area contributed by atoms with Crippen LogP contribution in [0, 0.1) is 5.92 Å². The van der Waals surface area contributed by atoms with Crippen molar-refractivity contribution in [2.75, 3.05) is 26.7 Å². The molecule has 0 N–H and O–H groups in total. The summed E-state index contributed by atoms with van der Waals surface area (Å²) in [5.74, 6) is 1.72. The Kier molecular flexibility index (Phi) is 5.39. The Hall–Kier alpha value is -2.40. The van der Waals surface area contributed by atoms with Crippen LogP contribution in [-0.2, 0) is 17.8 Å². The zero-order valence-corrected chi connectivity index (χ0v) is 15.9. The molecule has 1 aromatic heterocycles. The largest absolute Gasteiger partial charge is 0.497 e. The Labute approximate surface area is 161 Å². The van der Waals surface area contributed by atoms with Gasteiger partial charge in [0, 0.05) is 44.6 Å². The fourth-order valence-electron chi connectivity index (χ4n) is 4.38. The molecule has 27 heavy (non-hydrogen) atoms. The van der Waals surface area contributed by atoms with Crippen LogP contribution in [0.25, 0.3) is 0 Å². The smallest absolute Gasteiger partial charge is 0.227 e. The predicted molar refractivity (Wildman–Crippen MR) is 104 cm³/mol. The fourth-order valence-corrected chi connectivity index (χ4v) is 4.38. The number of hydrogen-bond donors (Lipinski definition) is 0. The number of methoxy groups -OCH3 is 1. The third-order valence-electron chi connectivity index (χ3n) is 5.78. The van der Waals surface area contributed by atoms with Crippen molar-refractivity contribution < 1.29 is 9.53 Å². The topological polar surface area (TPSA) is 45.7 Å². The fraction of sp³-hybridized carbons (Fsp3) is 0.455. The van der Waals surface area contributed by atoms with Gasteiger partial charge in [-0.1, -0.05) is 12.1 Å². The zero-order valence-electron chi connectivity index (χ0n) is 15.9. The van der Waals surface area contributed by atoms with Crippen LogP contribution < -0.4 is 4.74 Å². The summed E-state index contributed by atoms with van der Waals surface area (Å²) in [5.41, 5.74) is 2.34. The number of pyridine rings is 1. The second-order valence-corrected chi connectivity index (χ2v) is 7.72. The predicted octanol–water partition coefficient (Wildman–Crippen LogP) is 2.76. The standard InChI is InChI=1S/C22H27N3O2/c1-27-21-6-3-18(4-7-21)13-24-14-19-2-5-20(16-24)25(15-19)22(26)12-17-8-10-23-11-9-17/h3-4,6-11,19-20H,2,5,12-16H2,1H3/t19-,20+/m1/s1. The SMILES string of the molecule is COc1ccc(CN2C[C@H]3CC[C@@H](C2)N(C(=O)Cc2ccncc2)C3)cc1. The van der Waals surface area contributed by atoms with E-state index in [2.05, 4.69) is 26.9 Å². The molecule has 3 fully saturated rings. The maximum Gasteiger partial charge on any atom is 0.227 e. The van der Waals surface area contributed by atoms with Crippen LogP contribution in [0.2, 0.25) is 0 Å². The van der Waals surface area contributed by atoms with E-state index in [0.717, 1.165) is 43.9 Å². The monoisotopic (exact) mass is 365 g/mol. The molecule has 2 aromatic rings.